The molecule has 78 heavy (non-hydrogen) atoms. The first kappa shape index (κ1) is 60.3. The number of aliphatic imine (C=N–C) groups is 3. The second-order valence-electron chi connectivity index (χ2n) is 16.9. The number of fused-ring (bicyclic) bond motifs is 3. The number of nitrogens with one attached hydrogen (secondary N) is 6. The summed E-state index contributed by atoms with van der Waals surface area (Å²) < 4.78 is 24.6. The zero-order valence-electron chi connectivity index (χ0n) is 43.0. The van der Waals surface area contributed by atoms with Crippen molar-refractivity contribution in [3.05, 3.63) is 123 Å². The second-order valence-corrected chi connectivity index (χ2v) is 20.5. The Kier molecular flexibility index (Phi) is 24.8. The van der Waals surface area contributed by atoms with E-state index in [1.807, 2.05) is 36.4 Å². The van der Waals surface area contributed by atoms with Gasteiger partial charge in [0, 0.05) is 76.1 Å². The summed E-state index contributed by atoms with van der Waals surface area (Å²) >= 11 is 4.36. The van der Waals surface area contributed by atoms with Crippen molar-refractivity contribution >= 4 is 82.7 Å². The predicted molar refractivity (Wildman–Crippen MR) is 293 cm³/mol. The zero-order chi connectivity index (χ0) is 55.7. The minimum absolute atomic E-state index is 0.0419. The Labute approximate surface area is 465 Å². The van der Waals surface area contributed by atoms with Crippen molar-refractivity contribution in [1.29, 1.82) is 0 Å². The number of carbonyl (C=O) groups is 3. The highest BCUT2D eigenvalue weighted by Gasteiger charge is 2.27. The number of rotatable bonds is 18. The van der Waals surface area contributed by atoms with E-state index in [1.54, 1.807) is 0 Å². The highest BCUT2D eigenvalue weighted by molar-refractivity contribution is 7.99. The number of halogens is 1. The van der Waals surface area contributed by atoms with E-state index in [1.165, 1.54) is 79.0 Å². The van der Waals surface area contributed by atoms with E-state index in [4.69, 9.17) is 13.9 Å². The summed E-state index contributed by atoms with van der Waals surface area (Å²) in [6, 6.07) is 24.3. The van der Waals surface area contributed by atoms with Crippen molar-refractivity contribution in [1.82, 2.24) is 63.3 Å². The molecule has 0 radical (unpaired) electrons. The smallest absolute Gasteiger partial charge is 0.216 e. The molecule has 3 aliphatic carbocycles. The number of carbonyl (C=O) groups excluding carboxylic acids is 3. The van der Waals surface area contributed by atoms with Crippen molar-refractivity contribution in [2.24, 2.45) is 15.0 Å². The zero-order valence-corrected chi connectivity index (χ0v) is 46.2. The van der Waals surface area contributed by atoms with Crippen molar-refractivity contribution < 1.29 is 47.8 Å². The number of aromatic nitrogens is 6. The maximum atomic E-state index is 10.9. The summed E-state index contributed by atoms with van der Waals surface area (Å²) in [5, 5.41) is 61.3. The number of amidine groups is 3. The van der Waals surface area contributed by atoms with Crippen LogP contribution in [0.1, 0.15) is 109 Å². The van der Waals surface area contributed by atoms with Crippen LogP contribution in [0.15, 0.2) is 117 Å². The van der Waals surface area contributed by atoms with E-state index in [0.717, 1.165) is 55.2 Å². The summed E-state index contributed by atoms with van der Waals surface area (Å²) in [5.41, 5.74) is 14.7. The Hall–Kier alpha value is -6.89. The quantitative estimate of drug-likeness (QED) is 0.0148. The molecule has 0 saturated heterocycles. The van der Waals surface area contributed by atoms with Gasteiger partial charge in [0.2, 0.25) is 17.7 Å². The molecule has 3 atom stereocenters. The molecule has 9 rings (SSSR count). The van der Waals surface area contributed by atoms with E-state index in [0.29, 0.717) is 69.1 Å². The first-order chi connectivity index (χ1) is 38.0. The van der Waals surface area contributed by atoms with E-state index in [2.05, 4.69) is 115 Å². The van der Waals surface area contributed by atoms with Gasteiger partial charge in [0.1, 0.15) is 0 Å². The molecule has 6 aromatic rings. The second kappa shape index (κ2) is 32.1. The average Bonchev–Trinajstić information content (AvgIpc) is 4.34. The summed E-state index contributed by atoms with van der Waals surface area (Å²) in [6.45, 7) is 5.90. The molecular weight excluding hydrogens is 1090 g/mol. The molecule has 3 aromatic heterocycles. The first-order valence-corrected chi connectivity index (χ1v) is 28.5. The monoisotopic (exact) mass is 1150 g/mol. The van der Waals surface area contributed by atoms with Gasteiger partial charge in [0.25, 0.3) is 0 Å². The minimum atomic E-state index is -0.0849. The lowest BCUT2D eigenvalue weighted by Gasteiger charge is -2.09. The molecule has 0 aliphatic heterocycles. The van der Waals surface area contributed by atoms with Gasteiger partial charge < -0.3 is 16.0 Å². The van der Waals surface area contributed by atoms with Gasteiger partial charge in [0.05, 0.1) is 18.1 Å². The van der Waals surface area contributed by atoms with E-state index in [9.17, 15) is 33.9 Å². The number of hydrogen-bond donors (Lipinski definition) is 9. The van der Waals surface area contributed by atoms with E-state index in [-0.39, 0.29) is 65.5 Å². The van der Waals surface area contributed by atoms with Gasteiger partial charge >= 0.3 is 0 Å². The Bertz CT molecular complexity index is 2670. The number of amides is 3. The summed E-state index contributed by atoms with van der Waals surface area (Å²) in [6.07, 6.45) is 6.87. The standard InChI is InChI=1S/3C16H19N5O3S.CH3FS/c3*1-10(22)17-8-9-25-16-14(20-24-21-16)15(19-23)18-13-7-6-11-4-2-3-5-12(11)13;1-3-2/h3*2-5,13,23H,6-9H2,1H3,(H,17,22)(H,18,19);1H3/t2*13-;;/m10../s1. The number of aryl methyl sites for hydroxylation is 3. The first-order valence-electron chi connectivity index (χ1n) is 24.4. The van der Waals surface area contributed by atoms with Crippen molar-refractivity contribution in [3.8, 4) is 0 Å². The largest absolute Gasteiger partial charge is 0.356 e. The van der Waals surface area contributed by atoms with Crippen molar-refractivity contribution in [3.63, 3.8) is 0 Å². The molecule has 0 saturated carbocycles. The number of benzene rings is 3. The molecule has 3 amide bonds. The third-order valence-electron chi connectivity index (χ3n) is 11.7. The molecule has 0 spiro atoms. The van der Waals surface area contributed by atoms with Crippen LogP contribution >= 0.6 is 47.4 Å². The fourth-order valence-electron chi connectivity index (χ4n) is 8.29. The molecule has 0 fully saturated rings. The van der Waals surface area contributed by atoms with Gasteiger partial charge in [0.15, 0.2) is 49.7 Å². The van der Waals surface area contributed by atoms with Gasteiger partial charge in [-0.15, -0.1) is 0 Å². The number of nitrogens with zero attached hydrogens (tertiary/aromatic N) is 9. The molecule has 29 heteroatoms. The SMILES string of the molecule is CC(=O)NCCSc1nonc1C(=NC1CCc2ccccc21)NO.CC(=O)NCCSc1nonc1C(=N[C@@H]1CCc2ccccc21)NO.CC(=O)NCCSc1nonc1C(=N[C@H]1CCc2ccccc21)NO.CSF. The van der Waals surface area contributed by atoms with Gasteiger partial charge in [-0.3, -0.25) is 61.4 Å². The average molecular weight is 1150 g/mol. The normalized spacial score (nSPS) is 16.2. The van der Waals surface area contributed by atoms with Crippen LogP contribution in [0, 0.1) is 0 Å². The molecule has 3 aromatic carbocycles. The summed E-state index contributed by atoms with van der Waals surface area (Å²) in [4.78, 5) is 46.5. The minimum Gasteiger partial charge on any atom is -0.356 e. The van der Waals surface area contributed by atoms with Crippen LogP contribution in [0.25, 0.3) is 0 Å². The maximum absolute atomic E-state index is 10.9. The number of hydroxylamine groups is 3. The van der Waals surface area contributed by atoms with Crippen LogP contribution in [0.3, 0.4) is 0 Å². The third-order valence-corrected chi connectivity index (χ3v) is 14.5. The van der Waals surface area contributed by atoms with Gasteiger partial charge in [-0.05, 0) is 103 Å². The molecule has 0 bridgehead atoms. The Balaban J connectivity index is 0.000000184. The topological polar surface area (TPSA) is 338 Å². The maximum Gasteiger partial charge on any atom is 0.216 e. The van der Waals surface area contributed by atoms with Gasteiger partial charge in [-0.2, -0.15) is 3.89 Å². The Morgan fingerprint density at radius 2 is 0.782 bits per heavy atom. The lowest BCUT2D eigenvalue weighted by atomic mass is 10.1. The Morgan fingerprint density at radius 3 is 1.04 bits per heavy atom. The fourth-order valence-corrected chi connectivity index (χ4v) is 10.5. The molecule has 1 unspecified atom stereocenters. The van der Waals surface area contributed by atoms with E-state index < -0.39 is 0 Å². The summed E-state index contributed by atoms with van der Waals surface area (Å²) in [7, 11) is 0. The van der Waals surface area contributed by atoms with Crippen LogP contribution in [-0.4, -0.2) is 125 Å². The molecular formula is C49H60FN15O9S4. The molecule has 416 valence electrons. The highest BCUT2D eigenvalue weighted by Crippen LogP contribution is 2.37. The third kappa shape index (κ3) is 17.8. The van der Waals surface area contributed by atoms with Gasteiger partial charge in [-0.25, -0.2) is 13.9 Å². The molecule has 3 heterocycles. The lowest BCUT2D eigenvalue weighted by molar-refractivity contribution is -0.119. The highest BCUT2D eigenvalue weighted by atomic mass is 32.2. The van der Waals surface area contributed by atoms with Crippen LogP contribution in [0.5, 0.6) is 0 Å². The molecule has 9 N–H and O–H groups in total. The lowest BCUT2D eigenvalue weighted by Crippen LogP contribution is -2.23. The van der Waals surface area contributed by atoms with E-state index >= 15 is 0 Å². The predicted octanol–water partition coefficient (Wildman–Crippen LogP) is 6.37. The Morgan fingerprint density at radius 1 is 0.513 bits per heavy atom. The fraction of sp³-hybridized carbons (Fsp3) is 0.388. The number of thioether (sulfide) groups is 3. The van der Waals surface area contributed by atoms with Crippen LogP contribution in [0.2, 0.25) is 0 Å². The summed E-state index contributed by atoms with van der Waals surface area (Å²) in [5.74, 6) is 2.23. The number of hydrogen-bond acceptors (Lipinski definition) is 22. The van der Waals surface area contributed by atoms with Crippen molar-refractivity contribution in [2.45, 2.75) is 92.5 Å². The molecule has 24 nitrogen and oxygen atoms in total. The molecule has 3 aliphatic rings. The van der Waals surface area contributed by atoms with Crippen molar-refractivity contribution in [2.75, 3.05) is 43.1 Å². The van der Waals surface area contributed by atoms with Crippen LogP contribution in [0.4, 0.5) is 3.89 Å². The van der Waals surface area contributed by atoms with Crippen LogP contribution in [-0.2, 0) is 33.6 Å². The van der Waals surface area contributed by atoms with Crippen LogP contribution < -0.4 is 32.4 Å². The van der Waals surface area contributed by atoms with Gasteiger partial charge in [-0.1, -0.05) is 108 Å².